The van der Waals surface area contributed by atoms with Gasteiger partial charge in [0, 0.05) is 26.7 Å². The number of rotatable bonds is 3. The van der Waals surface area contributed by atoms with E-state index in [9.17, 15) is 0 Å². The Balaban J connectivity index is 1.56. The van der Waals surface area contributed by atoms with E-state index in [0.717, 1.165) is 11.3 Å². The summed E-state index contributed by atoms with van der Waals surface area (Å²) in [5.74, 6) is 0. The Labute approximate surface area is 162 Å². The first-order chi connectivity index (χ1) is 13.4. The standard InChI is InChI=1S/C25H17NS/c1-3-8-18(9-4-1)20-12-7-13-21(14-20)23-16-25-22(17-26-23)15-24(27-25)19-10-5-2-6-11-19/h1-17H. The fourth-order valence-corrected chi connectivity index (χ4v) is 4.40. The molecular formula is C25H17NS. The number of aromatic nitrogens is 1. The molecular weight excluding hydrogens is 346 g/mol. The Morgan fingerprint density at radius 3 is 2.00 bits per heavy atom. The van der Waals surface area contributed by atoms with Gasteiger partial charge in [-0.3, -0.25) is 4.98 Å². The maximum absolute atomic E-state index is 4.73. The molecule has 0 N–H and O–H groups in total. The van der Waals surface area contributed by atoms with Crippen molar-refractivity contribution in [1.29, 1.82) is 0 Å². The molecule has 5 aromatic rings. The summed E-state index contributed by atoms with van der Waals surface area (Å²) in [6.07, 6.45) is 1.99. The van der Waals surface area contributed by atoms with Crippen molar-refractivity contribution in [3.05, 3.63) is 103 Å². The van der Waals surface area contributed by atoms with E-state index in [1.807, 2.05) is 23.6 Å². The van der Waals surface area contributed by atoms with Crippen molar-refractivity contribution in [1.82, 2.24) is 4.98 Å². The summed E-state index contributed by atoms with van der Waals surface area (Å²) in [7, 11) is 0. The van der Waals surface area contributed by atoms with Gasteiger partial charge in [-0.1, -0.05) is 78.9 Å². The maximum Gasteiger partial charge on any atom is 0.0716 e. The lowest BCUT2D eigenvalue weighted by atomic mass is 10.0. The van der Waals surface area contributed by atoms with E-state index in [4.69, 9.17) is 4.98 Å². The SMILES string of the molecule is c1ccc(-c2cccc(-c3cc4sc(-c5ccccc5)cc4cn3)c2)cc1. The van der Waals surface area contributed by atoms with Gasteiger partial charge in [-0.05, 0) is 34.9 Å². The monoisotopic (exact) mass is 363 g/mol. The molecule has 3 aromatic carbocycles. The van der Waals surface area contributed by atoms with Gasteiger partial charge in [-0.15, -0.1) is 11.3 Å². The highest BCUT2D eigenvalue weighted by molar-refractivity contribution is 7.22. The highest BCUT2D eigenvalue weighted by Gasteiger charge is 2.08. The lowest BCUT2D eigenvalue weighted by Gasteiger charge is -2.05. The molecule has 5 rings (SSSR count). The number of hydrogen-bond acceptors (Lipinski definition) is 2. The van der Waals surface area contributed by atoms with Gasteiger partial charge >= 0.3 is 0 Å². The predicted octanol–water partition coefficient (Wildman–Crippen LogP) is 7.30. The zero-order valence-corrected chi connectivity index (χ0v) is 15.5. The van der Waals surface area contributed by atoms with Crippen molar-refractivity contribution in [2.75, 3.05) is 0 Å². The van der Waals surface area contributed by atoms with E-state index in [0.29, 0.717) is 0 Å². The number of fused-ring (bicyclic) bond motifs is 1. The number of nitrogens with zero attached hydrogens (tertiary/aromatic N) is 1. The van der Waals surface area contributed by atoms with Crippen molar-refractivity contribution < 1.29 is 0 Å². The molecule has 0 aliphatic heterocycles. The predicted molar refractivity (Wildman–Crippen MR) is 116 cm³/mol. The lowest BCUT2D eigenvalue weighted by molar-refractivity contribution is 1.36. The van der Waals surface area contributed by atoms with Gasteiger partial charge in [0.05, 0.1) is 5.69 Å². The van der Waals surface area contributed by atoms with Crippen LogP contribution < -0.4 is 0 Å². The van der Waals surface area contributed by atoms with E-state index < -0.39 is 0 Å². The summed E-state index contributed by atoms with van der Waals surface area (Å²) < 4.78 is 1.27. The Hall–Kier alpha value is -3.23. The first kappa shape index (κ1) is 16.0. The molecule has 0 unspecified atom stereocenters. The third-order valence-electron chi connectivity index (χ3n) is 4.73. The van der Waals surface area contributed by atoms with Crippen molar-refractivity contribution in [2.24, 2.45) is 0 Å². The topological polar surface area (TPSA) is 12.9 Å². The Bertz CT molecular complexity index is 1210. The Kier molecular flexibility index (Phi) is 4.04. The van der Waals surface area contributed by atoms with Crippen LogP contribution in [0.1, 0.15) is 0 Å². The smallest absolute Gasteiger partial charge is 0.0716 e. The van der Waals surface area contributed by atoms with Crippen LogP contribution in [0.2, 0.25) is 0 Å². The average Bonchev–Trinajstić information content (AvgIpc) is 3.19. The van der Waals surface area contributed by atoms with Crippen molar-refractivity contribution >= 4 is 21.4 Å². The number of pyridine rings is 1. The van der Waals surface area contributed by atoms with E-state index in [1.165, 1.54) is 31.7 Å². The largest absolute Gasteiger partial charge is 0.256 e. The highest BCUT2D eigenvalue weighted by Crippen LogP contribution is 2.35. The molecule has 128 valence electrons. The van der Waals surface area contributed by atoms with Crippen LogP contribution in [-0.4, -0.2) is 4.98 Å². The fraction of sp³-hybridized carbons (Fsp3) is 0. The molecule has 0 aliphatic carbocycles. The van der Waals surface area contributed by atoms with Crippen LogP contribution in [0.4, 0.5) is 0 Å². The van der Waals surface area contributed by atoms with Gasteiger partial charge in [0.15, 0.2) is 0 Å². The summed E-state index contributed by atoms with van der Waals surface area (Å²) in [5, 5.41) is 1.20. The summed E-state index contributed by atoms with van der Waals surface area (Å²) in [6, 6.07) is 34.0. The van der Waals surface area contributed by atoms with Gasteiger partial charge in [0.2, 0.25) is 0 Å². The lowest BCUT2D eigenvalue weighted by Crippen LogP contribution is -1.84. The normalized spacial score (nSPS) is 11.0. The molecule has 0 saturated heterocycles. The molecule has 0 aliphatic rings. The molecule has 0 fully saturated rings. The van der Waals surface area contributed by atoms with Crippen LogP contribution >= 0.6 is 11.3 Å². The van der Waals surface area contributed by atoms with Crippen LogP contribution in [0.3, 0.4) is 0 Å². The molecule has 1 nitrogen and oxygen atoms in total. The minimum Gasteiger partial charge on any atom is -0.256 e. The summed E-state index contributed by atoms with van der Waals surface area (Å²) in [4.78, 5) is 6.01. The maximum atomic E-state index is 4.73. The second kappa shape index (κ2) is 6.82. The molecule has 0 atom stereocenters. The van der Waals surface area contributed by atoms with Gasteiger partial charge in [0.25, 0.3) is 0 Å². The van der Waals surface area contributed by atoms with Crippen molar-refractivity contribution in [3.63, 3.8) is 0 Å². The summed E-state index contributed by atoms with van der Waals surface area (Å²) in [6.45, 7) is 0. The zero-order chi connectivity index (χ0) is 18.1. The van der Waals surface area contributed by atoms with Gasteiger partial charge < -0.3 is 0 Å². The molecule has 0 amide bonds. The Morgan fingerprint density at radius 1 is 0.556 bits per heavy atom. The quantitative estimate of drug-likeness (QED) is 0.328. The van der Waals surface area contributed by atoms with E-state index in [2.05, 4.69) is 91.0 Å². The number of thiophene rings is 1. The van der Waals surface area contributed by atoms with Gasteiger partial charge in [-0.25, -0.2) is 0 Å². The van der Waals surface area contributed by atoms with Gasteiger partial charge in [0.1, 0.15) is 0 Å². The molecule has 0 bridgehead atoms. The third kappa shape index (κ3) is 3.16. The first-order valence-corrected chi connectivity index (χ1v) is 9.79. The van der Waals surface area contributed by atoms with Crippen LogP contribution in [-0.2, 0) is 0 Å². The van der Waals surface area contributed by atoms with E-state index in [1.54, 1.807) is 0 Å². The first-order valence-electron chi connectivity index (χ1n) is 8.98. The third-order valence-corrected chi connectivity index (χ3v) is 5.87. The van der Waals surface area contributed by atoms with E-state index >= 15 is 0 Å². The van der Waals surface area contributed by atoms with E-state index in [-0.39, 0.29) is 0 Å². The fourth-order valence-electron chi connectivity index (χ4n) is 3.32. The van der Waals surface area contributed by atoms with Crippen LogP contribution in [0.15, 0.2) is 103 Å². The second-order valence-electron chi connectivity index (χ2n) is 6.53. The average molecular weight is 363 g/mol. The number of benzene rings is 3. The van der Waals surface area contributed by atoms with Gasteiger partial charge in [-0.2, -0.15) is 0 Å². The summed E-state index contributed by atoms with van der Waals surface area (Å²) in [5.41, 5.74) is 5.86. The second-order valence-corrected chi connectivity index (χ2v) is 7.61. The molecule has 2 heterocycles. The zero-order valence-electron chi connectivity index (χ0n) is 14.7. The molecule has 0 saturated carbocycles. The van der Waals surface area contributed by atoms with Crippen molar-refractivity contribution in [3.8, 4) is 32.8 Å². The number of hydrogen-bond donors (Lipinski definition) is 0. The molecule has 0 radical (unpaired) electrons. The minimum atomic E-state index is 1.02. The van der Waals surface area contributed by atoms with Crippen LogP contribution in [0.25, 0.3) is 42.9 Å². The minimum absolute atomic E-state index is 1.02. The van der Waals surface area contributed by atoms with Crippen LogP contribution in [0.5, 0.6) is 0 Å². The van der Waals surface area contributed by atoms with Crippen LogP contribution in [0, 0.1) is 0 Å². The molecule has 0 spiro atoms. The molecule has 2 aromatic heterocycles. The highest BCUT2D eigenvalue weighted by atomic mass is 32.1. The Morgan fingerprint density at radius 2 is 1.22 bits per heavy atom. The molecule has 2 heteroatoms. The molecule has 27 heavy (non-hydrogen) atoms. The summed E-state index contributed by atoms with van der Waals surface area (Å²) >= 11 is 1.82. The van der Waals surface area contributed by atoms with Crippen molar-refractivity contribution in [2.45, 2.75) is 0 Å².